The largest absolute Gasteiger partial charge is 0.462 e. The average Bonchev–Trinajstić information content (AvgIpc) is 2.70. The summed E-state index contributed by atoms with van der Waals surface area (Å²) >= 11 is 0. The van der Waals surface area contributed by atoms with Gasteiger partial charge in [-0.15, -0.1) is 0 Å². The summed E-state index contributed by atoms with van der Waals surface area (Å²) in [5.41, 5.74) is 1.21. The van der Waals surface area contributed by atoms with Gasteiger partial charge in [-0.05, 0) is 56.7 Å². The Morgan fingerprint density at radius 3 is 2.00 bits per heavy atom. The van der Waals surface area contributed by atoms with Gasteiger partial charge in [-0.1, -0.05) is 44.9 Å². The summed E-state index contributed by atoms with van der Waals surface area (Å²) in [7, 11) is 0.469. The number of benzene rings is 1. The van der Waals surface area contributed by atoms with E-state index in [1.807, 2.05) is 7.11 Å². The lowest BCUT2D eigenvalue weighted by Gasteiger charge is -2.19. The third kappa shape index (κ3) is 11.8. The minimum atomic E-state index is -1.37. The predicted octanol–water partition coefficient (Wildman–Crippen LogP) is 6.16. The highest BCUT2D eigenvalue weighted by molar-refractivity contribution is 6.71. The zero-order chi connectivity index (χ0) is 21.5. The third-order valence-corrected chi connectivity index (χ3v) is 7.83. The molecule has 0 unspecified atom stereocenters. The van der Waals surface area contributed by atoms with Crippen LogP contribution in [0.3, 0.4) is 0 Å². The van der Waals surface area contributed by atoms with Crippen LogP contribution in [0, 0.1) is 0 Å². The number of unbranched alkanes of at least 4 members (excludes halogenated alkanes) is 7. The van der Waals surface area contributed by atoms with Crippen LogP contribution in [0.25, 0.3) is 0 Å². The fourth-order valence-electron chi connectivity index (χ4n) is 3.13. The fraction of sp³-hybridized carbons (Fsp3) is 0.652. The SMILES string of the molecule is CCOC(=O)c1ccc(NC(=O)CCCCCCCCCC[Si](C)(C)OC)cc1. The summed E-state index contributed by atoms with van der Waals surface area (Å²) < 4.78 is 10.5. The van der Waals surface area contributed by atoms with Crippen molar-refractivity contribution in [2.24, 2.45) is 0 Å². The number of hydrogen-bond acceptors (Lipinski definition) is 4. The van der Waals surface area contributed by atoms with Crippen molar-refractivity contribution < 1.29 is 18.8 Å². The topological polar surface area (TPSA) is 64.6 Å². The molecule has 0 radical (unpaired) electrons. The van der Waals surface area contributed by atoms with Crippen LogP contribution in [0.4, 0.5) is 5.69 Å². The summed E-state index contributed by atoms with van der Waals surface area (Å²) in [6.45, 7) is 6.69. The molecule has 0 saturated heterocycles. The minimum absolute atomic E-state index is 0.0267. The second-order valence-electron chi connectivity index (χ2n) is 8.14. The number of amides is 1. The molecule has 0 aliphatic rings. The molecule has 0 bridgehead atoms. The van der Waals surface area contributed by atoms with E-state index < -0.39 is 8.32 Å². The van der Waals surface area contributed by atoms with Crippen molar-refractivity contribution in [1.82, 2.24) is 0 Å². The molecule has 0 fully saturated rings. The second kappa shape index (κ2) is 14.3. The molecule has 0 aliphatic heterocycles. The lowest BCUT2D eigenvalue weighted by Crippen LogP contribution is -2.27. The number of carbonyl (C=O) groups excluding carboxylic acids is 2. The molecule has 0 spiro atoms. The zero-order valence-corrected chi connectivity index (χ0v) is 19.7. The molecule has 5 nitrogen and oxygen atoms in total. The Labute approximate surface area is 177 Å². The van der Waals surface area contributed by atoms with Crippen LogP contribution < -0.4 is 5.32 Å². The first-order valence-corrected chi connectivity index (χ1v) is 14.1. The van der Waals surface area contributed by atoms with Gasteiger partial charge in [-0.25, -0.2) is 4.79 Å². The van der Waals surface area contributed by atoms with Crippen LogP contribution in [-0.4, -0.2) is 33.9 Å². The van der Waals surface area contributed by atoms with Crippen molar-refractivity contribution in [3.05, 3.63) is 29.8 Å². The molecule has 0 saturated carbocycles. The van der Waals surface area contributed by atoms with Crippen molar-refractivity contribution in [2.45, 2.75) is 83.8 Å². The number of carbonyl (C=O) groups is 2. The van der Waals surface area contributed by atoms with Gasteiger partial charge in [-0.3, -0.25) is 4.79 Å². The van der Waals surface area contributed by atoms with Gasteiger partial charge in [0.15, 0.2) is 8.32 Å². The molecule has 1 rings (SSSR count). The Morgan fingerprint density at radius 2 is 1.45 bits per heavy atom. The molecular formula is C23H39NO4Si. The van der Waals surface area contributed by atoms with Crippen molar-refractivity contribution in [3.8, 4) is 0 Å². The van der Waals surface area contributed by atoms with E-state index >= 15 is 0 Å². The van der Waals surface area contributed by atoms with E-state index in [1.165, 1.54) is 44.6 Å². The van der Waals surface area contributed by atoms with Gasteiger partial charge in [0.05, 0.1) is 12.2 Å². The van der Waals surface area contributed by atoms with Crippen LogP contribution >= 0.6 is 0 Å². The van der Waals surface area contributed by atoms with Crippen molar-refractivity contribution in [3.63, 3.8) is 0 Å². The molecule has 1 amide bonds. The average molecular weight is 422 g/mol. The molecule has 0 atom stereocenters. The Kier molecular flexibility index (Phi) is 12.5. The standard InChI is InChI=1S/C23H39NO4Si/c1-5-28-23(26)20-15-17-21(18-16-20)24-22(25)14-12-10-8-6-7-9-11-13-19-29(3,4)27-2/h15-18H,5-14,19H2,1-4H3,(H,24,25). The molecule has 164 valence electrons. The summed E-state index contributed by atoms with van der Waals surface area (Å²) in [5.74, 6) is -0.315. The monoisotopic (exact) mass is 421 g/mol. The van der Waals surface area contributed by atoms with Crippen LogP contribution in [-0.2, 0) is 14.0 Å². The molecular weight excluding hydrogens is 382 g/mol. The van der Waals surface area contributed by atoms with Gasteiger partial charge in [0, 0.05) is 19.2 Å². The summed E-state index contributed by atoms with van der Waals surface area (Å²) in [4.78, 5) is 23.7. The van der Waals surface area contributed by atoms with E-state index in [1.54, 1.807) is 31.2 Å². The van der Waals surface area contributed by atoms with Gasteiger partial charge in [-0.2, -0.15) is 0 Å². The molecule has 29 heavy (non-hydrogen) atoms. The van der Waals surface area contributed by atoms with Crippen molar-refractivity contribution in [1.29, 1.82) is 0 Å². The maximum atomic E-state index is 12.0. The first-order chi connectivity index (χ1) is 13.9. The Bertz CT molecular complexity index is 601. The fourth-order valence-corrected chi connectivity index (χ4v) is 4.43. The quantitative estimate of drug-likeness (QED) is 0.209. The third-order valence-electron chi connectivity index (χ3n) is 5.17. The maximum absolute atomic E-state index is 12.0. The Balaban J connectivity index is 2.05. The van der Waals surface area contributed by atoms with Gasteiger partial charge < -0.3 is 14.5 Å². The van der Waals surface area contributed by atoms with Gasteiger partial charge in [0.1, 0.15) is 0 Å². The number of hydrogen-bond donors (Lipinski definition) is 1. The van der Waals surface area contributed by atoms with Crippen LogP contribution in [0.1, 0.15) is 75.1 Å². The van der Waals surface area contributed by atoms with E-state index in [4.69, 9.17) is 9.16 Å². The van der Waals surface area contributed by atoms with Gasteiger partial charge in [0.2, 0.25) is 5.91 Å². The molecule has 1 aromatic rings. The van der Waals surface area contributed by atoms with Crippen LogP contribution in [0.15, 0.2) is 24.3 Å². The lowest BCUT2D eigenvalue weighted by molar-refractivity contribution is -0.116. The highest BCUT2D eigenvalue weighted by atomic mass is 28.4. The van der Waals surface area contributed by atoms with E-state index in [-0.39, 0.29) is 11.9 Å². The zero-order valence-electron chi connectivity index (χ0n) is 18.7. The maximum Gasteiger partial charge on any atom is 0.338 e. The molecule has 0 heterocycles. The van der Waals surface area contributed by atoms with Crippen LogP contribution in [0.5, 0.6) is 0 Å². The van der Waals surface area contributed by atoms with E-state index in [2.05, 4.69) is 18.4 Å². The second-order valence-corrected chi connectivity index (χ2v) is 12.6. The minimum Gasteiger partial charge on any atom is -0.462 e. The van der Waals surface area contributed by atoms with E-state index in [0.717, 1.165) is 12.8 Å². The molecule has 0 aromatic heterocycles. The smallest absolute Gasteiger partial charge is 0.338 e. The number of ether oxygens (including phenoxy) is 1. The summed E-state index contributed by atoms with van der Waals surface area (Å²) in [6.07, 6.45) is 10.2. The van der Waals surface area contributed by atoms with Gasteiger partial charge >= 0.3 is 5.97 Å². The molecule has 0 aliphatic carbocycles. The Morgan fingerprint density at radius 1 is 0.897 bits per heavy atom. The number of anilines is 1. The molecule has 1 aromatic carbocycles. The number of nitrogens with one attached hydrogen (secondary N) is 1. The normalized spacial score (nSPS) is 11.3. The van der Waals surface area contributed by atoms with Crippen molar-refractivity contribution >= 4 is 25.9 Å². The highest BCUT2D eigenvalue weighted by Gasteiger charge is 2.19. The first-order valence-electron chi connectivity index (χ1n) is 11.0. The predicted molar refractivity (Wildman–Crippen MR) is 122 cm³/mol. The number of esters is 1. The van der Waals surface area contributed by atoms with E-state index in [0.29, 0.717) is 24.3 Å². The highest BCUT2D eigenvalue weighted by Crippen LogP contribution is 2.17. The summed E-state index contributed by atoms with van der Waals surface area (Å²) in [6, 6.07) is 8.07. The lowest BCUT2D eigenvalue weighted by atomic mass is 10.1. The first kappa shape index (κ1) is 25.4. The number of rotatable bonds is 15. The summed E-state index contributed by atoms with van der Waals surface area (Å²) in [5, 5.41) is 2.88. The van der Waals surface area contributed by atoms with Gasteiger partial charge in [0.25, 0.3) is 0 Å². The Hall–Kier alpha value is -1.66. The van der Waals surface area contributed by atoms with Crippen molar-refractivity contribution in [2.75, 3.05) is 19.0 Å². The van der Waals surface area contributed by atoms with E-state index in [9.17, 15) is 9.59 Å². The molecule has 6 heteroatoms. The van der Waals surface area contributed by atoms with Crippen LogP contribution in [0.2, 0.25) is 19.1 Å². The molecule has 1 N–H and O–H groups in total.